The van der Waals surface area contributed by atoms with Crippen molar-refractivity contribution < 1.29 is 9.59 Å². The smallest absolute Gasteiger partial charge is 0.236 e. The van der Waals surface area contributed by atoms with Crippen LogP contribution in [0.5, 0.6) is 0 Å². The Balaban J connectivity index is 1.86. The van der Waals surface area contributed by atoms with Gasteiger partial charge in [0.05, 0.1) is 11.7 Å². The molecule has 0 N–H and O–H groups in total. The van der Waals surface area contributed by atoms with Crippen molar-refractivity contribution in [2.45, 2.75) is 32.4 Å². The molecule has 0 aromatic carbocycles. The molecular weight excluding hydrogens is 322 g/mol. The molecule has 2 heterocycles. The Kier molecular flexibility index (Phi) is 7.09. The van der Waals surface area contributed by atoms with E-state index in [9.17, 15) is 9.59 Å². The van der Waals surface area contributed by atoms with Crippen LogP contribution in [-0.4, -0.2) is 63.8 Å². The molecule has 1 aliphatic heterocycles. The molecule has 2 amide bonds. The second-order valence-electron chi connectivity index (χ2n) is 6.32. The van der Waals surface area contributed by atoms with Crippen LogP contribution in [0.1, 0.15) is 26.5 Å². The van der Waals surface area contributed by atoms with Gasteiger partial charge in [0, 0.05) is 38.1 Å². The highest BCUT2D eigenvalue weighted by atomic mass is 32.2. The summed E-state index contributed by atoms with van der Waals surface area (Å²) in [5, 5.41) is 0.0192. The van der Waals surface area contributed by atoms with Crippen LogP contribution in [0.25, 0.3) is 0 Å². The molecule has 0 aliphatic carbocycles. The Morgan fingerprint density at radius 2 is 1.83 bits per heavy atom. The molecule has 1 aromatic rings. The molecule has 1 fully saturated rings. The second-order valence-corrected chi connectivity index (χ2v) is 7.74. The lowest BCUT2D eigenvalue weighted by Gasteiger charge is -2.37. The zero-order valence-electron chi connectivity index (χ0n) is 14.8. The van der Waals surface area contributed by atoms with E-state index in [-0.39, 0.29) is 17.1 Å². The van der Waals surface area contributed by atoms with Crippen molar-refractivity contribution in [1.29, 1.82) is 0 Å². The summed E-state index contributed by atoms with van der Waals surface area (Å²) < 4.78 is 0. The van der Waals surface area contributed by atoms with Crippen LogP contribution in [0.3, 0.4) is 0 Å². The molecule has 0 radical (unpaired) electrons. The lowest BCUT2D eigenvalue weighted by Crippen LogP contribution is -2.53. The third-order valence-corrected chi connectivity index (χ3v) is 5.64. The molecular formula is C18H27N3O2S. The minimum Gasteiger partial charge on any atom is -0.339 e. The summed E-state index contributed by atoms with van der Waals surface area (Å²) in [6, 6.07) is 5.61. The summed E-state index contributed by atoms with van der Waals surface area (Å²) in [5.41, 5.74) is 0.792. The summed E-state index contributed by atoms with van der Waals surface area (Å²) in [7, 11) is 0. The van der Waals surface area contributed by atoms with Gasteiger partial charge in [-0.05, 0) is 23.8 Å². The molecule has 132 valence electrons. The average Bonchev–Trinajstić information content (AvgIpc) is 2.60. The summed E-state index contributed by atoms with van der Waals surface area (Å²) in [6.07, 6.45) is 2.03. The number of amides is 2. The van der Waals surface area contributed by atoms with Crippen LogP contribution in [-0.2, 0) is 16.0 Å². The first-order valence-corrected chi connectivity index (χ1v) is 9.65. The fourth-order valence-electron chi connectivity index (χ4n) is 2.85. The van der Waals surface area contributed by atoms with Crippen LogP contribution in [0.2, 0.25) is 0 Å². The van der Waals surface area contributed by atoms with Gasteiger partial charge in [-0.25, -0.2) is 0 Å². The maximum Gasteiger partial charge on any atom is 0.236 e. The Morgan fingerprint density at radius 1 is 1.17 bits per heavy atom. The predicted octanol–water partition coefficient (Wildman–Crippen LogP) is 2.07. The molecule has 24 heavy (non-hydrogen) atoms. The van der Waals surface area contributed by atoms with E-state index in [1.54, 1.807) is 18.0 Å². The Morgan fingerprint density at radius 3 is 2.38 bits per heavy atom. The van der Waals surface area contributed by atoms with E-state index >= 15 is 0 Å². The summed E-state index contributed by atoms with van der Waals surface area (Å²) in [5.74, 6) is 1.57. The van der Waals surface area contributed by atoms with Gasteiger partial charge in [-0.1, -0.05) is 26.8 Å². The number of rotatable bonds is 6. The van der Waals surface area contributed by atoms with E-state index in [2.05, 4.69) is 25.8 Å². The van der Waals surface area contributed by atoms with Crippen LogP contribution >= 0.6 is 11.8 Å². The minimum atomic E-state index is 0.0192. The van der Waals surface area contributed by atoms with Crippen molar-refractivity contribution in [3.8, 4) is 0 Å². The van der Waals surface area contributed by atoms with Gasteiger partial charge >= 0.3 is 0 Å². The number of hydrogen-bond acceptors (Lipinski definition) is 4. The Bertz CT molecular complexity index is 542. The van der Waals surface area contributed by atoms with Crippen molar-refractivity contribution in [2.75, 3.05) is 31.9 Å². The molecule has 1 atom stereocenters. The number of thioether (sulfide) groups is 1. The fraction of sp³-hybridized carbons (Fsp3) is 0.611. The minimum absolute atomic E-state index is 0.0192. The van der Waals surface area contributed by atoms with Crippen LogP contribution < -0.4 is 0 Å². The molecule has 5 nitrogen and oxygen atoms in total. The quantitative estimate of drug-likeness (QED) is 0.789. The second kappa shape index (κ2) is 9.06. The zero-order valence-corrected chi connectivity index (χ0v) is 15.6. The van der Waals surface area contributed by atoms with Gasteiger partial charge in [-0.3, -0.25) is 14.6 Å². The predicted molar refractivity (Wildman–Crippen MR) is 97.9 cm³/mol. The number of pyridine rings is 1. The third-order valence-electron chi connectivity index (χ3n) is 4.20. The SMILES string of the molecule is CCS[C@@H](C(=O)N1CCN(C(=O)Cc2ccccn2)CC1)C(C)C. The van der Waals surface area contributed by atoms with Crippen LogP contribution in [0, 0.1) is 5.92 Å². The molecule has 1 aliphatic rings. The van der Waals surface area contributed by atoms with E-state index in [1.165, 1.54) is 0 Å². The fourth-order valence-corrected chi connectivity index (χ4v) is 3.89. The van der Waals surface area contributed by atoms with Gasteiger partial charge in [-0.15, -0.1) is 11.8 Å². The summed E-state index contributed by atoms with van der Waals surface area (Å²) >= 11 is 1.72. The van der Waals surface area contributed by atoms with E-state index in [0.29, 0.717) is 38.5 Å². The molecule has 2 rings (SSSR count). The average molecular weight is 350 g/mol. The number of hydrogen-bond donors (Lipinski definition) is 0. The molecule has 0 spiro atoms. The lowest BCUT2D eigenvalue weighted by molar-refractivity contribution is -0.139. The molecule has 6 heteroatoms. The number of nitrogens with zero attached hydrogens (tertiary/aromatic N) is 3. The highest BCUT2D eigenvalue weighted by molar-refractivity contribution is 8.00. The highest BCUT2D eigenvalue weighted by Gasteiger charge is 2.30. The maximum atomic E-state index is 12.7. The third kappa shape index (κ3) is 4.97. The number of aromatic nitrogens is 1. The van der Waals surface area contributed by atoms with Crippen molar-refractivity contribution in [3.05, 3.63) is 30.1 Å². The maximum absolute atomic E-state index is 12.7. The van der Waals surface area contributed by atoms with E-state index < -0.39 is 0 Å². The summed E-state index contributed by atoms with van der Waals surface area (Å²) in [6.45, 7) is 8.75. The molecule has 0 saturated carbocycles. The van der Waals surface area contributed by atoms with Crippen molar-refractivity contribution >= 4 is 23.6 Å². The first kappa shape index (κ1) is 18.8. The molecule has 1 aromatic heterocycles. The largest absolute Gasteiger partial charge is 0.339 e. The molecule has 0 bridgehead atoms. The van der Waals surface area contributed by atoms with Crippen molar-refractivity contribution in [1.82, 2.24) is 14.8 Å². The Hall–Kier alpha value is -1.56. The van der Waals surface area contributed by atoms with E-state index in [1.807, 2.05) is 28.0 Å². The van der Waals surface area contributed by atoms with Gasteiger partial charge in [0.25, 0.3) is 0 Å². The lowest BCUT2D eigenvalue weighted by atomic mass is 10.1. The topological polar surface area (TPSA) is 53.5 Å². The first-order chi connectivity index (χ1) is 11.5. The number of piperazine rings is 1. The number of carbonyl (C=O) groups is 2. The van der Waals surface area contributed by atoms with Crippen molar-refractivity contribution in [2.24, 2.45) is 5.92 Å². The van der Waals surface area contributed by atoms with Crippen LogP contribution in [0.4, 0.5) is 0 Å². The Labute approximate surface area is 148 Å². The van der Waals surface area contributed by atoms with Gasteiger partial charge in [0.15, 0.2) is 0 Å². The normalized spacial score (nSPS) is 16.3. The summed E-state index contributed by atoms with van der Waals surface area (Å²) in [4.78, 5) is 33.0. The van der Waals surface area contributed by atoms with Crippen LogP contribution in [0.15, 0.2) is 24.4 Å². The van der Waals surface area contributed by atoms with Gasteiger partial charge in [0.2, 0.25) is 11.8 Å². The van der Waals surface area contributed by atoms with E-state index in [0.717, 1.165) is 11.4 Å². The van der Waals surface area contributed by atoms with Gasteiger partial charge in [0.1, 0.15) is 0 Å². The van der Waals surface area contributed by atoms with Crippen molar-refractivity contribution in [3.63, 3.8) is 0 Å². The number of carbonyl (C=O) groups excluding carboxylic acids is 2. The highest BCUT2D eigenvalue weighted by Crippen LogP contribution is 2.22. The van der Waals surface area contributed by atoms with Gasteiger partial charge < -0.3 is 9.80 Å². The monoisotopic (exact) mass is 349 g/mol. The molecule has 1 saturated heterocycles. The van der Waals surface area contributed by atoms with Gasteiger partial charge in [-0.2, -0.15) is 0 Å². The standard InChI is InChI=1S/C18H27N3O2S/c1-4-24-17(14(2)3)18(23)21-11-9-20(10-12-21)16(22)13-15-7-5-6-8-19-15/h5-8,14,17H,4,9-13H2,1-3H3/t17-/m1/s1. The zero-order chi connectivity index (χ0) is 17.5. The first-order valence-electron chi connectivity index (χ1n) is 8.61. The molecule has 0 unspecified atom stereocenters. The van der Waals surface area contributed by atoms with E-state index in [4.69, 9.17) is 0 Å².